The van der Waals surface area contributed by atoms with Crippen molar-refractivity contribution in [2.24, 2.45) is 0 Å². The number of halogens is 3. The molecule has 0 aliphatic carbocycles. The molecule has 0 fully saturated rings. The summed E-state index contributed by atoms with van der Waals surface area (Å²) in [5.74, 6) is 4.30. The number of nitrogens with zero attached hydrogens (tertiary/aromatic N) is 1. The summed E-state index contributed by atoms with van der Waals surface area (Å²) >= 11 is 0. The van der Waals surface area contributed by atoms with Gasteiger partial charge in [-0.25, -0.2) is 4.98 Å². The molecule has 2 heterocycles. The van der Waals surface area contributed by atoms with Gasteiger partial charge in [-0.3, -0.25) is 4.79 Å². The fourth-order valence-corrected chi connectivity index (χ4v) is 2.45. The largest absolute Gasteiger partial charge is 0.449 e. The number of aromatic nitrogens is 2. The number of aryl methyl sites for hydroxylation is 1. The maximum Gasteiger partial charge on any atom is 0.449 e. The van der Waals surface area contributed by atoms with Gasteiger partial charge in [-0.05, 0) is 30.2 Å². The molecular weight excluding hydrogens is 329 g/mol. The SMILES string of the molecule is O=C(CCc1ccccc1C#Cc1ccnc2[nH]ccc12)C(F)(F)F. The van der Waals surface area contributed by atoms with Gasteiger partial charge in [0.25, 0.3) is 0 Å². The predicted molar refractivity (Wildman–Crippen MR) is 87.9 cm³/mol. The number of H-pyrrole nitrogens is 1. The first-order valence-corrected chi connectivity index (χ1v) is 7.57. The highest BCUT2D eigenvalue weighted by Crippen LogP contribution is 2.20. The van der Waals surface area contributed by atoms with Crippen LogP contribution >= 0.6 is 0 Å². The van der Waals surface area contributed by atoms with Crippen LogP contribution in [0.15, 0.2) is 48.8 Å². The third-order valence-corrected chi connectivity index (χ3v) is 3.75. The average molecular weight is 342 g/mol. The van der Waals surface area contributed by atoms with Gasteiger partial charge >= 0.3 is 6.18 Å². The highest BCUT2D eigenvalue weighted by atomic mass is 19.4. The van der Waals surface area contributed by atoms with Gasteiger partial charge in [-0.1, -0.05) is 30.0 Å². The maximum absolute atomic E-state index is 12.4. The van der Waals surface area contributed by atoms with Gasteiger partial charge in [0.2, 0.25) is 5.78 Å². The van der Waals surface area contributed by atoms with Gasteiger partial charge in [0, 0.05) is 35.3 Å². The van der Waals surface area contributed by atoms with Crippen molar-refractivity contribution in [2.45, 2.75) is 19.0 Å². The number of Topliss-reactive ketones (excluding diaryl/α,β-unsaturated/α-hetero) is 1. The Morgan fingerprint density at radius 2 is 1.84 bits per heavy atom. The summed E-state index contributed by atoms with van der Waals surface area (Å²) < 4.78 is 37.1. The van der Waals surface area contributed by atoms with Crippen LogP contribution in [0.25, 0.3) is 11.0 Å². The van der Waals surface area contributed by atoms with E-state index >= 15 is 0 Å². The van der Waals surface area contributed by atoms with Gasteiger partial charge in [0.1, 0.15) is 5.65 Å². The number of aromatic amines is 1. The Kier molecular flexibility index (Phi) is 4.57. The van der Waals surface area contributed by atoms with Crippen LogP contribution in [0.1, 0.15) is 23.1 Å². The second-order valence-corrected chi connectivity index (χ2v) is 5.43. The number of benzene rings is 1. The third kappa shape index (κ3) is 3.89. The van der Waals surface area contributed by atoms with Crippen molar-refractivity contribution in [1.82, 2.24) is 9.97 Å². The average Bonchev–Trinajstić information content (AvgIpc) is 3.07. The smallest absolute Gasteiger partial charge is 0.346 e. The molecule has 0 atom stereocenters. The van der Waals surface area contributed by atoms with E-state index in [1.807, 2.05) is 6.07 Å². The van der Waals surface area contributed by atoms with E-state index in [0.29, 0.717) is 11.1 Å². The number of carbonyl (C=O) groups excluding carboxylic acids is 1. The predicted octanol–water partition coefficient (Wildman–Crippen LogP) is 4.03. The fourth-order valence-electron chi connectivity index (χ4n) is 2.45. The second kappa shape index (κ2) is 6.81. The van der Waals surface area contributed by atoms with E-state index in [-0.39, 0.29) is 6.42 Å². The molecule has 0 spiro atoms. The molecular formula is C19H13F3N2O. The number of hydrogen-bond donors (Lipinski definition) is 1. The van der Waals surface area contributed by atoms with Crippen molar-refractivity contribution >= 4 is 16.8 Å². The molecule has 126 valence electrons. The molecule has 0 bridgehead atoms. The zero-order valence-corrected chi connectivity index (χ0v) is 13.0. The number of fused-ring (bicyclic) bond motifs is 1. The monoisotopic (exact) mass is 342 g/mol. The van der Waals surface area contributed by atoms with Crippen LogP contribution in [0, 0.1) is 11.8 Å². The fraction of sp³-hybridized carbons (Fsp3) is 0.158. The standard InChI is InChI=1S/C19H13F3N2O/c20-19(21,22)17(25)8-7-14-4-2-1-3-13(14)5-6-15-9-11-23-18-16(15)10-12-24-18/h1-4,9-12H,7-8H2,(H,23,24). The van der Waals surface area contributed by atoms with Gasteiger partial charge in [0.15, 0.2) is 0 Å². The molecule has 1 N–H and O–H groups in total. The summed E-state index contributed by atoms with van der Waals surface area (Å²) in [6.45, 7) is 0. The Bertz CT molecular complexity index is 977. The van der Waals surface area contributed by atoms with Crippen LogP contribution in [-0.2, 0) is 11.2 Å². The summed E-state index contributed by atoms with van der Waals surface area (Å²) in [5, 5.41) is 0.875. The first kappa shape index (κ1) is 16.8. The highest BCUT2D eigenvalue weighted by Gasteiger charge is 2.37. The van der Waals surface area contributed by atoms with Gasteiger partial charge in [-0.15, -0.1) is 0 Å². The highest BCUT2D eigenvalue weighted by molar-refractivity contribution is 5.84. The van der Waals surface area contributed by atoms with Crippen LogP contribution in [0.4, 0.5) is 13.2 Å². The summed E-state index contributed by atoms with van der Waals surface area (Å²) in [6.07, 6.45) is -1.98. The summed E-state index contributed by atoms with van der Waals surface area (Å²) in [4.78, 5) is 18.2. The van der Waals surface area contributed by atoms with E-state index in [0.717, 1.165) is 16.6 Å². The van der Waals surface area contributed by atoms with E-state index in [9.17, 15) is 18.0 Å². The Morgan fingerprint density at radius 3 is 2.64 bits per heavy atom. The number of alkyl halides is 3. The molecule has 3 rings (SSSR count). The molecule has 3 aromatic rings. The minimum absolute atomic E-state index is 0.000886. The Morgan fingerprint density at radius 1 is 1.08 bits per heavy atom. The maximum atomic E-state index is 12.4. The number of hydrogen-bond acceptors (Lipinski definition) is 2. The lowest BCUT2D eigenvalue weighted by Gasteiger charge is -2.06. The van der Waals surface area contributed by atoms with Gasteiger partial charge < -0.3 is 4.98 Å². The molecule has 0 radical (unpaired) electrons. The molecule has 0 aliphatic heterocycles. The molecule has 1 aromatic carbocycles. The minimum atomic E-state index is -4.79. The van der Waals surface area contributed by atoms with Crippen molar-refractivity contribution < 1.29 is 18.0 Å². The summed E-state index contributed by atoms with van der Waals surface area (Å²) in [5.41, 5.74) is 2.72. The Balaban J connectivity index is 1.85. The first-order valence-electron chi connectivity index (χ1n) is 7.57. The number of nitrogens with one attached hydrogen (secondary N) is 1. The van der Waals surface area contributed by atoms with E-state index in [1.165, 1.54) is 0 Å². The molecule has 0 unspecified atom stereocenters. The Labute approximate surface area is 141 Å². The van der Waals surface area contributed by atoms with Gasteiger partial charge in [0.05, 0.1) is 0 Å². The number of carbonyl (C=O) groups is 1. The summed E-state index contributed by atoms with van der Waals surface area (Å²) in [7, 11) is 0. The van der Waals surface area contributed by atoms with E-state index in [4.69, 9.17) is 0 Å². The lowest BCUT2D eigenvalue weighted by molar-refractivity contribution is -0.171. The van der Waals surface area contributed by atoms with Crippen molar-refractivity contribution in [3.63, 3.8) is 0 Å². The lowest BCUT2D eigenvalue weighted by atomic mass is 10.0. The number of pyridine rings is 1. The number of rotatable bonds is 3. The van der Waals surface area contributed by atoms with Crippen LogP contribution in [0.3, 0.4) is 0 Å². The zero-order valence-electron chi connectivity index (χ0n) is 13.0. The number of ketones is 1. The zero-order chi connectivity index (χ0) is 17.9. The van der Waals surface area contributed by atoms with Crippen LogP contribution in [0.5, 0.6) is 0 Å². The molecule has 3 nitrogen and oxygen atoms in total. The lowest BCUT2D eigenvalue weighted by Crippen LogP contribution is -2.23. The quantitative estimate of drug-likeness (QED) is 0.731. The topological polar surface area (TPSA) is 45.8 Å². The third-order valence-electron chi connectivity index (χ3n) is 3.75. The Hall–Kier alpha value is -3.07. The van der Waals surface area contributed by atoms with E-state index in [1.54, 1.807) is 42.7 Å². The minimum Gasteiger partial charge on any atom is -0.346 e. The molecule has 6 heteroatoms. The molecule has 0 amide bonds. The van der Waals surface area contributed by atoms with Crippen LogP contribution in [0.2, 0.25) is 0 Å². The molecule has 25 heavy (non-hydrogen) atoms. The molecule has 0 saturated heterocycles. The second-order valence-electron chi connectivity index (χ2n) is 5.43. The van der Waals surface area contributed by atoms with Crippen molar-refractivity contribution in [3.8, 4) is 11.8 Å². The van der Waals surface area contributed by atoms with E-state index in [2.05, 4.69) is 21.8 Å². The van der Waals surface area contributed by atoms with Crippen molar-refractivity contribution in [2.75, 3.05) is 0 Å². The van der Waals surface area contributed by atoms with E-state index < -0.39 is 18.4 Å². The van der Waals surface area contributed by atoms with Crippen LogP contribution < -0.4 is 0 Å². The van der Waals surface area contributed by atoms with Gasteiger partial charge in [-0.2, -0.15) is 13.2 Å². The van der Waals surface area contributed by atoms with Crippen molar-refractivity contribution in [3.05, 3.63) is 65.5 Å². The van der Waals surface area contributed by atoms with Crippen molar-refractivity contribution in [1.29, 1.82) is 0 Å². The molecule has 0 aliphatic rings. The molecule has 0 saturated carbocycles. The summed E-state index contributed by atoms with van der Waals surface area (Å²) in [6, 6.07) is 10.5. The first-order chi connectivity index (χ1) is 11.9. The normalized spacial score (nSPS) is 11.2. The van der Waals surface area contributed by atoms with Crippen LogP contribution in [-0.4, -0.2) is 21.9 Å². The molecule has 2 aromatic heterocycles.